The molecule has 4 aromatic heterocycles. The van der Waals surface area contributed by atoms with Crippen molar-refractivity contribution < 1.29 is 14.1 Å². The van der Waals surface area contributed by atoms with E-state index in [0.29, 0.717) is 46.0 Å². The summed E-state index contributed by atoms with van der Waals surface area (Å²) in [6.07, 6.45) is 3.96. The molecule has 10 nitrogen and oxygen atoms in total. The number of fused-ring (bicyclic) bond motifs is 3. The molecule has 6 rings (SSSR count). The predicted molar refractivity (Wildman–Crippen MR) is 122 cm³/mol. The van der Waals surface area contributed by atoms with Gasteiger partial charge in [-0.3, -0.25) is 9.78 Å². The summed E-state index contributed by atoms with van der Waals surface area (Å²) >= 11 is 0. The molecule has 1 amide bonds. The second-order valence-electron chi connectivity index (χ2n) is 8.41. The standard InChI is InChI=1S/C24H21N7O3/c1-14-10-20(30-34-14)22-28-27-21-18-4-2-3-5-19(18)24(29-31(21)22)33-13-17-9-8-16(12-25-17)23(32)26-11-15-6-7-15/h2-5,8-10,12,15H,6-7,11,13H2,1H3,(H,26,32). The summed E-state index contributed by atoms with van der Waals surface area (Å²) in [4.78, 5) is 16.6. The van der Waals surface area contributed by atoms with Gasteiger partial charge in [0.1, 0.15) is 12.4 Å². The summed E-state index contributed by atoms with van der Waals surface area (Å²) in [6, 6.07) is 13.0. The highest BCUT2D eigenvalue weighted by Gasteiger charge is 2.22. The van der Waals surface area contributed by atoms with Crippen LogP contribution in [-0.4, -0.2) is 42.4 Å². The van der Waals surface area contributed by atoms with Crippen LogP contribution in [0, 0.1) is 12.8 Å². The lowest BCUT2D eigenvalue weighted by Crippen LogP contribution is -2.25. The number of aromatic nitrogens is 6. The summed E-state index contributed by atoms with van der Waals surface area (Å²) in [5, 5.41) is 21.9. The van der Waals surface area contributed by atoms with Gasteiger partial charge in [0.25, 0.3) is 5.91 Å². The van der Waals surface area contributed by atoms with Crippen LogP contribution < -0.4 is 10.1 Å². The molecule has 0 saturated heterocycles. The van der Waals surface area contributed by atoms with Crippen LogP contribution in [0.5, 0.6) is 5.88 Å². The lowest BCUT2D eigenvalue weighted by Gasteiger charge is -2.10. The number of hydrogen-bond donors (Lipinski definition) is 1. The SMILES string of the molecule is Cc1cc(-c2nnc3c4ccccc4c(OCc4ccc(C(=O)NCC5CC5)cn4)nn23)no1. The molecule has 0 atom stereocenters. The maximum absolute atomic E-state index is 12.2. The van der Waals surface area contributed by atoms with Gasteiger partial charge in [-0.1, -0.05) is 23.4 Å². The Morgan fingerprint density at radius 2 is 2.03 bits per heavy atom. The smallest absolute Gasteiger partial charge is 0.252 e. The van der Waals surface area contributed by atoms with Crippen LogP contribution in [0.15, 0.2) is 53.2 Å². The molecular weight excluding hydrogens is 434 g/mol. The van der Waals surface area contributed by atoms with Crippen LogP contribution in [0.2, 0.25) is 0 Å². The van der Waals surface area contributed by atoms with E-state index >= 15 is 0 Å². The van der Waals surface area contributed by atoms with Gasteiger partial charge in [-0.2, -0.15) is 4.52 Å². The van der Waals surface area contributed by atoms with Crippen molar-refractivity contribution in [3.05, 3.63) is 65.7 Å². The number of carbonyl (C=O) groups is 1. The minimum atomic E-state index is -0.104. The van der Waals surface area contributed by atoms with Crippen molar-refractivity contribution in [1.29, 1.82) is 0 Å². The van der Waals surface area contributed by atoms with Gasteiger partial charge in [0, 0.05) is 29.6 Å². The lowest BCUT2D eigenvalue weighted by molar-refractivity contribution is 0.0951. The van der Waals surface area contributed by atoms with Gasteiger partial charge in [0.15, 0.2) is 11.3 Å². The topological polar surface area (TPSA) is 120 Å². The maximum atomic E-state index is 12.2. The van der Waals surface area contributed by atoms with E-state index in [1.807, 2.05) is 31.2 Å². The molecule has 0 aliphatic heterocycles. The molecule has 1 aromatic carbocycles. The molecule has 1 N–H and O–H groups in total. The summed E-state index contributed by atoms with van der Waals surface area (Å²) in [5.74, 6) is 2.07. The Balaban J connectivity index is 1.27. The van der Waals surface area contributed by atoms with Crippen molar-refractivity contribution in [2.45, 2.75) is 26.4 Å². The van der Waals surface area contributed by atoms with Gasteiger partial charge < -0.3 is 14.6 Å². The Hall–Kier alpha value is -4.34. The molecule has 0 bridgehead atoms. The maximum Gasteiger partial charge on any atom is 0.252 e. The van der Waals surface area contributed by atoms with E-state index < -0.39 is 0 Å². The number of benzene rings is 1. The Morgan fingerprint density at radius 1 is 1.18 bits per heavy atom. The van der Waals surface area contributed by atoms with Crippen molar-refractivity contribution in [2.75, 3.05) is 6.54 Å². The monoisotopic (exact) mass is 455 g/mol. The molecule has 1 fully saturated rings. The van der Waals surface area contributed by atoms with Crippen LogP contribution >= 0.6 is 0 Å². The number of nitrogens with one attached hydrogen (secondary N) is 1. The average Bonchev–Trinajstić information content (AvgIpc) is 3.45. The van der Waals surface area contributed by atoms with Crippen LogP contribution in [0.1, 0.15) is 34.7 Å². The number of pyridine rings is 1. The van der Waals surface area contributed by atoms with Crippen molar-refractivity contribution in [2.24, 2.45) is 5.92 Å². The fourth-order valence-electron chi connectivity index (χ4n) is 3.74. The number of aryl methyl sites for hydroxylation is 1. The zero-order valence-corrected chi connectivity index (χ0v) is 18.4. The third-order valence-electron chi connectivity index (χ3n) is 5.78. The molecule has 1 aliphatic rings. The molecular formula is C24H21N7O3. The Morgan fingerprint density at radius 3 is 2.76 bits per heavy atom. The molecule has 0 unspecified atom stereocenters. The van der Waals surface area contributed by atoms with Gasteiger partial charge in [-0.25, -0.2) is 0 Å². The first-order chi connectivity index (χ1) is 16.7. The minimum absolute atomic E-state index is 0.104. The third kappa shape index (κ3) is 3.83. The van der Waals surface area contributed by atoms with E-state index in [0.717, 1.165) is 17.3 Å². The van der Waals surface area contributed by atoms with E-state index in [2.05, 4.69) is 30.8 Å². The molecule has 4 heterocycles. The first-order valence-corrected chi connectivity index (χ1v) is 11.1. The molecule has 10 heteroatoms. The Bertz CT molecular complexity index is 1500. The second-order valence-corrected chi connectivity index (χ2v) is 8.41. The van der Waals surface area contributed by atoms with Gasteiger partial charge >= 0.3 is 0 Å². The van der Waals surface area contributed by atoms with E-state index in [-0.39, 0.29) is 12.5 Å². The fraction of sp³-hybridized carbons (Fsp3) is 0.250. The number of rotatable bonds is 7. The molecule has 1 aliphatic carbocycles. The van der Waals surface area contributed by atoms with Crippen molar-refractivity contribution in [3.8, 4) is 17.4 Å². The highest BCUT2D eigenvalue weighted by atomic mass is 16.5. The summed E-state index contributed by atoms with van der Waals surface area (Å²) in [6.45, 7) is 2.73. The van der Waals surface area contributed by atoms with Gasteiger partial charge in [-0.15, -0.1) is 15.3 Å². The molecule has 170 valence electrons. The average molecular weight is 455 g/mol. The van der Waals surface area contributed by atoms with E-state index in [9.17, 15) is 4.79 Å². The largest absolute Gasteiger partial charge is 0.470 e. The first-order valence-electron chi connectivity index (χ1n) is 11.1. The van der Waals surface area contributed by atoms with E-state index in [1.165, 1.54) is 12.8 Å². The van der Waals surface area contributed by atoms with Gasteiger partial charge in [0.2, 0.25) is 11.7 Å². The van der Waals surface area contributed by atoms with E-state index in [4.69, 9.17) is 9.26 Å². The molecule has 0 spiro atoms. The Labute approximate surface area is 193 Å². The minimum Gasteiger partial charge on any atom is -0.470 e. The predicted octanol–water partition coefficient (Wildman–Crippen LogP) is 3.35. The highest BCUT2D eigenvalue weighted by molar-refractivity contribution is 5.97. The van der Waals surface area contributed by atoms with Crippen molar-refractivity contribution in [1.82, 2.24) is 35.3 Å². The van der Waals surface area contributed by atoms with Crippen LogP contribution in [0.25, 0.3) is 27.9 Å². The summed E-state index contributed by atoms with van der Waals surface area (Å²) in [7, 11) is 0. The first kappa shape index (κ1) is 20.3. The number of nitrogens with zero attached hydrogens (tertiary/aromatic N) is 6. The van der Waals surface area contributed by atoms with Crippen molar-refractivity contribution in [3.63, 3.8) is 0 Å². The normalized spacial score (nSPS) is 13.4. The van der Waals surface area contributed by atoms with Crippen LogP contribution in [-0.2, 0) is 6.61 Å². The lowest BCUT2D eigenvalue weighted by atomic mass is 10.2. The zero-order valence-electron chi connectivity index (χ0n) is 18.4. The molecule has 5 aromatic rings. The quantitative estimate of drug-likeness (QED) is 0.397. The molecule has 34 heavy (non-hydrogen) atoms. The Kier molecular flexibility index (Phi) is 4.90. The molecule has 0 radical (unpaired) electrons. The number of ether oxygens (including phenoxy) is 1. The second kappa shape index (κ2) is 8.22. The molecule has 1 saturated carbocycles. The summed E-state index contributed by atoms with van der Waals surface area (Å²) < 4.78 is 12.9. The van der Waals surface area contributed by atoms with Crippen molar-refractivity contribution >= 4 is 22.3 Å². The van der Waals surface area contributed by atoms with E-state index in [1.54, 1.807) is 28.9 Å². The fourth-order valence-corrected chi connectivity index (χ4v) is 3.74. The van der Waals surface area contributed by atoms with Crippen LogP contribution in [0.4, 0.5) is 0 Å². The third-order valence-corrected chi connectivity index (χ3v) is 5.78. The number of amides is 1. The zero-order chi connectivity index (χ0) is 23.1. The number of carbonyl (C=O) groups excluding carboxylic acids is 1. The number of hydrogen-bond acceptors (Lipinski definition) is 8. The summed E-state index contributed by atoms with van der Waals surface area (Å²) in [5.41, 5.74) is 2.35. The van der Waals surface area contributed by atoms with Gasteiger partial charge in [-0.05, 0) is 43.9 Å². The highest BCUT2D eigenvalue weighted by Crippen LogP contribution is 2.29. The van der Waals surface area contributed by atoms with Crippen LogP contribution in [0.3, 0.4) is 0 Å². The van der Waals surface area contributed by atoms with Gasteiger partial charge in [0.05, 0.1) is 11.3 Å².